The van der Waals surface area contributed by atoms with Gasteiger partial charge in [0.2, 0.25) is 5.91 Å². The highest BCUT2D eigenvalue weighted by molar-refractivity contribution is 8.15. The molecule has 0 saturated carbocycles. The molecule has 0 unspecified atom stereocenters. The van der Waals surface area contributed by atoms with Crippen molar-refractivity contribution in [1.29, 1.82) is 0 Å². The van der Waals surface area contributed by atoms with Crippen molar-refractivity contribution < 1.29 is 9.72 Å². The van der Waals surface area contributed by atoms with E-state index in [-0.39, 0.29) is 16.8 Å². The maximum atomic E-state index is 11.3. The van der Waals surface area contributed by atoms with Gasteiger partial charge in [-0.1, -0.05) is 11.8 Å². The Morgan fingerprint density at radius 3 is 2.55 bits per heavy atom. The molecular formula is C12H12N4O3S. The number of rotatable bonds is 3. The normalized spacial score (nSPS) is 21.1. The fourth-order valence-electron chi connectivity index (χ4n) is 1.51. The smallest absolute Gasteiger partial charge is 0.269 e. The van der Waals surface area contributed by atoms with Crippen LogP contribution in [0.25, 0.3) is 0 Å². The SMILES string of the molecule is CC(=NN=C1NC(=O)[C@@H](C)S1)c1ccc([N+](=O)[O-])cc1. The van der Waals surface area contributed by atoms with Crippen molar-refractivity contribution >= 4 is 34.2 Å². The van der Waals surface area contributed by atoms with Crippen LogP contribution < -0.4 is 5.32 Å². The summed E-state index contributed by atoms with van der Waals surface area (Å²) in [6.07, 6.45) is 0. The zero-order valence-electron chi connectivity index (χ0n) is 10.9. The number of nitrogens with zero attached hydrogens (tertiary/aromatic N) is 3. The van der Waals surface area contributed by atoms with E-state index in [0.717, 1.165) is 5.56 Å². The predicted octanol–water partition coefficient (Wildman–Crippen LogP) is 1.93. The Morgan fingerprint density at radius 2 is 2.05 bits per heavy atom. The predicted molar refractivity (Wildman–Crippen MR) is 77.9 cm³/mol. The summed E-state index contributed by atoms with van der Waals surface area (Å²) >= 11 is 1.31. The second-order valence-corrected chi connectivity index (χ2v) is 5.47. The first kappa shape index (κ1) is 14.2. The van der Waals surface area contributed by atoms with Gasteiger partial charge in [0.05, 0.1) is 15.9 Å². The van der Waals surface area contributed by atoms with Gasteiger partial charge in [0.15, 0.2) is 5.17 Å². The molecule has 1 aromatic carbocycles. The highest BCUT2D eigenvalue weighted by Gasteiger charge is 2.25. The number of hydrogen-bond donors (Lipinski definition) is 1. The van der Waals surface area contributed by atoms with E-state index in [9.17, 15) is 14.9 Å². The molecule has 0 radical (unpaired) electrons. The Kier molecular flexibility index (Phi) is 4.14. The minimum atomic E-state index is -0.456. The van der Waals surface area contributed by atoms with Gasteiger partial charge >= 0.3 is 0 Å². The van der Waals surface area contributed by atoms with Gasteiger partial charge in [-0.05, 0) is 31.5 Å². The zero-order valence-corrected chi connectivity index (χ0v) is 11.7. The molecule has 1 amide bonds. The first-order valence-corrected chi connectivity index (χ1v) is 6.70. The number of amidine groups is 1. The first-order chi connectivity index (χ1) is 9.47. The van der Waals surface area contributed by atoms with Gasteiger partial charge in [-0.25, -0.2) is 0 Å². The lowest BCUT2D eigenvalue weighted by Gasteiger charge is -1.98. The summed E-state index contributed by atoms with van der Waals surface area (Å²) < 4.78 is 0. The largest absolute Gasteiger partial charge is 0.303 e. The van der Waals surface area contributed by atoms with Crippen LogP contribution in [0.4, 0.5) is 5.69 Å². The Balaban J connectivity index is 2.13. The molecule has 8 heteroatoms. The first-order valence-electron chi connectivity index (χ1n) is 5.82. The van der Waals surface area contributed by atoms with Gasteiger partial charge in [0.1, 0.15) is 0 Å². The van der Waals surface area contributed by atoms with Crippen molar-refractivity contribution in [2.75, 3.05) is 0 Å². The van der Waals surface area contributed by atoms with E-state index in [0.29, 0.717) is 10.9 Å². The molecule has 0 spiro atoms. The van der Waals surface area contributed by atoms with Crippen molar-refractivity contribution in [3.05, 3.63) is 39.9 Å². The van der Waals surface area contributed by atoms with Crippen molar-refractivity contribution in [1.82, 2.24) is 5.32 Å². The van der Waals surface area contributed by atoms with Crippen molar-refractivity contribution in [2.24, 2.45) is 10.2 Å². The molecule has 1 saturated heterocycles. The van der Waals surface area contributed by atoms with Gasteiger partial charge in [0.25, 0.3) is 5.69 Å². The third kappa shape index (κ3) is 3.21. The Morgan fingerprint density at radius 1 is 1.40 bits per heavy atom. The summed E-state index contributed by atoms with van der Waals surface area (Å²) in [5.74, 6) is -0.0862. The van der Waals surface area contributed by atoms with Crippen molar-refractivity contribution in [2.45, 2.75) is 19.1 Å². The number of non-ortho nitro benzene ring substituents is 1. The van der Waals surface area contributed by atoms with Gasteiger partial charge in [-0.2, -0.15) is 5.10 Å². The minimum Gasteiger partial charge on any atom is -0.303 e. The highest BCUT2D eigenvalue weighted by Crippen LogP contribution is 2.18. The van der Waals surface area contributed by atoms with Gasteiger partial charge in [-0.15, -0.1) is 5.10 Å². The van der Waals surface area contributed by atoms with Crippen LogP contribution in [-0.4, -0.2) is 27.0 Å². The Bertz CT molecular complexity index is 610. The maximum Gasteiger partial charge on any atom is 0.269 e. The zero-order chi connectivity index (χ0) is 14.7. The quantitative estimate of drug-likeness (QED) is 0.523. The molecule has 7 nitrogen and oxygen atoms in total. The lowest BCUT2D eigenvalue weighted by molar-refractivity contribution is -0.384. The van der Waals surface area contributed by atoms with E-state index in [1.807, 2.05) is 0 Å². The molecule has 0 aromatic heterocycles. The molecular weight excluding hydrogens is 280 g/mol. The second kappa shape index (κ2) is 5.83. The van der Waals surface area contributed by atoms with Crippen molar-refractivity contribution in [3.63, 3.8) is 0 Å². The average Bonchev–Trinajstić information content (AvgIpc) is 2.75. The number of amides is 1. The Hall–Kier alpha value is -2.22. The molecule has 1 heterocycles. The summed E-state index contributed by atoms with van der Waals surface area (Å²) in [4.78, 5) is 21.4. The lowest BCUT2D eigenvalue weighted by Crippen LogP contribution is -2.23. The van der Waals surface area contributed by atoms with Crippen LogP contribution in [-0.2, 0) is 4.79 Å². The molecule has 1 aliphatic rings. The van der Waals surface area contributed by atoms with E-state index in [1.54, 1.807) is 26.0 Å². The fourth-order valence-corrected chi connectivity index (χ4v) is 2.26. The third-order valence-electron chi connectivity index (χ3n) is 2.67. The van der Waals surface area contributed by atoms with Crippen LogP contribution >= 0.6 is 11.8 Å². The molecule has 104 valence electrons. The highest BCUT2D eigenvalue weighted by atomic mass is 32.2. The molecule has 1 atom stereocenters. The number of hydrogen-bond acceptors (Lipinski definition) is 6. The molecule has 1 aromatic rings. The summed E-state index contributed by atoms with van der Waals surface area (Å²) in [6, 6.07) is 6.05. The number of nitro groups is 1. The summed E-state index contributed by atoms with van der Waals surface area (Å²) in [5, 5.41) is 21.4. The molecule has 0 aliphatic carbocycles. The number of benzene rings is 1. The summed E-state index contributed by atoms with van der Waals surface area (Å²) in [5.41, 5.74) is 1.38. The van der Waals surface area contributed by atoms with E-state index in [4.69, 9.17) is 0 Å². The minimum absolute atomic E-state index is 0.0281. The van der Waals surface area contributed by atoms with E-state index in [1.165, 1.54) is 23.9 Å². The summed E-state index contributed by atoms with van der Waals surface area (Å²) in [6.45, 7) is 3.53. The van der Waals surface area contributed by atoms with Crippen LogP contribution in [0.5, 0.6) is 0 Å². The van der Waals surface area contributed by atoms with Crippen LogP contribution in [0.15, 0.2) is 34.5 Å². The van der Waals surface area contributed by atoms with E-state index in [2.05, 4.69) is 15.5 Å². The van der Waals surface area contributed by atoms with Crippen LogP contribution in [0.2, 0.25) is 0 Å². The topological polar surface area (TPSA) is 97.0 Å². The molecule has 20 heavy (non-hydrogen) atoms. The van der Waals surface area contributed by atoms with E-state index < -0.39 is 4.92 Å². The van der Waals surface area contributed by atoms with E-state index >= 15 is 0 Å². The van der Waals surface area contributed by atoms with Crippen LogP contribution in [0, 0.1) is 10.1 Å². The molecule has 0 bridgehead atoms. The third-order valence-corrected chi connectivity index (χ3v) is 3.65. The number of thioether (sulfide) groups is 1. The maximum absolute atomic E-state index is 11.3. The Labute approximate surface area is 119 Å². The molecule has 1 N–H and O–H groups in total. The van der Waals surface area contributed by atoms with Gasteiger partial charge in [-0.3, -0.25) is 14.9 Å². The van der Waals surface area contributed by atoms with Gasteiger partial charge in [0, 0.05) is 12.1 Å². The number of nitrogens with one attached hydrogen (secondary N) is 1. The van der Waals surface area contributed by atoms with Crippen molar-refractivity contribution in [3.8, 4) is 0 Å². The fraction of sp³-hybridized carbons (Fsp3) is 0.250. The second-order valence-electron chi connectivity index (χ2n) is 4.14. The molecule has 1 fully saturated rings. The molecule has 2 rings (SSSR count). The lowest BCUT2D eigenvalue weighted by atomic mass is 10.1. The van der Waals surface area contributed by atoms with Gasteiger partial charge < -0.3 is 5.32 Å². The number of carbonyl (C=O) groups is 1. The number of nitro benzene ring substituents is 1. The monoisotopic (exact) mass is 292 g/mol. The standard InChI is InChI=1S/C12H12N4O3S/c1-7(9-3-5-10(6-4-9)16(18)19)14-15-12-13-11(17)8(2)20-12/h3-6,8H,1-2H3,(H,13,15,17)/t8-/m1/s1. The molecule has 1 aliphatic heterocycles. The summed E-state index contributed by atoms with van der Waals surface area (Å²) in [7, 11) is 0. The average molecular weight is 292 g/mol. The van der Waals surface area contributed by atoms with Crippen LogP contribution in [0.3, 0.4) is 0 Å². The van der Waals surface area contributed by atoms with Crippen LogP contribution in [0.1, 0.15) is 19.4 Å². The number of carbonyl (C=O) groups excluding carboxylic acids is 1.